The molecule has 0 spiro atoms. The molecule has 1 aromatic heterocycles. The van der Waals surface area contributed by atoms with Crippen LogP contribution in [0.4, 0.5) is 0 Å². The predicted molar refractivity (Wildman–Crippen MR) is 67.6 cm³/mol. The van der Waals surface area contributed by atoms with Crippen LogP contribution < -0.4 is 5.32 Å². The summed E-state index contributed by atoms with van der Waals surface area (Å²) in [5, 5.41) is 3.45. The fourth-order valence-corrected chi connectivity index (χ4v) is 3.52. The summed E-state index contributed by atoms with van der Waals surface area (Å²) < 4.78 is 0. The lowest BCUT2D eigenvalue weighted by Crippen LogP contribution is -2.17. The molecule has 1 aliphatic carbocycles. The molecule has 0 saturated carbocycles. The van der Waals surface area contributed by atoms with Crippen LogP contribution in [0.5, 0.6) is 0 Å². The Labute approximate surface area is 96.2 Å². The highest BCUT2D eigenvalue weighted by atomic mass is 32.1. The smallest absolute Gasteiger partial charge is 0.0598 e. The fourth-order valence-electron chi connectivity index (χ4n) is 2.19. The summed E-state index contributed by atoms with van der Waals surface area (Å²) in [7, 11) is 0. The summed E-state index contributed by atoms with van der Waals surface area (Å²) in [6, 6.07) is 2.74. The maximum Gasteiger partial charge on any atom is 0.0598 e. The number of fused-ring (bicyclic) bond motifs is 1. The molecule has 1 aromatic rings. The molecule has 1 unspecified atom stereocenters. The van der Waals surface area contributed by atoms with E-state index in [1.165, 1.54) is 30.6 Å². The third-order valence-electron chi connectivity index (χ3n) is 2.98. The van der Waals surface area contributed by atoms with Crippen LogP contribution in [0.25, 0.3) is 0 Å². The van der Waals surface area contributed by atoms with Crippen molar-refractivity contribution in [2.45, 2.75) is 38.6 Å². The third-order valence-corrected chi connectivity index (χ3v) is 4.30. The molecule has 1 heterocycles. The summed E-state index contributed by atoms with van der Waals surface area (Å²) in [5.41, 5.74) is 1.59. The van der Waals surface area contributed by atoms with E-state index in [2.05, 4.69) is 24.9 Å². The van der Waals surface area contributed by atoms with Crippen LogP contribution in [0, 0.1) is 0 Å². The molecular weight excluding hydrogens is 202 g/mol. The van der Waals surface area contributed by atoms with Gasteiger partial charge in [0.25, 0.3) is 0 Å². The van der Waals surface area contributed by atoms with Gasteiger partial charge < -0.3 is 5.32 Å². The fraction of sp³-hybridized carbons (Fsp3) is 0.538. The summed E-state index contributed by atoms with van der Waals surface area (Å²) in [5.74, 6) is 0. The lowest BCUT2D eigenvalue weighted by Gasteiger charge is -2.10. The predicted octanol–water partition coefficient (Wildman–Crippen LogP) is 3.46. The Bertz CT molecular complexity index is 317. The molecule has 0 radical (unpaired) electrons. The molecular formula is C13H19NS. The molecule has 0 amide bonds. The Morgan fingerprint density at radius 1 is 1.53 bits per heavy atom. The maximum atomic E-state index is 3.91. The quantitative estimate of drug-likeness (QED) is 0.768. The first-order valence-electron chi connectivity index (χ1n) is 5.82. The maximum absolute atomic E-state index is 3.91. The van der Waals surface area contributed by atoms with E-state index in [4.69, 9.17) is 0 Å². The van der Waals surface area contributed by atoms with Gasteiger partial charge in [-0.1, -0.05) is 13.0 Å². The molecule has 1 atom stereocenters. The molecule has 2 rings (SSSR count). The van der Waals surface area contributed by atoms with Gasteiger partial charge in [0.05, 0.1) is 6.04 Å². The van der Waals surface area contributed by atoms with Crippen molar-refractivity contribution in [3.8, 4) is 0 Å². The van der Waals surface area contributed by atoms with E-state index >= 15 is 0 Å². The summed E-state index contributed by atoms with van der Waals surface area (Å²) >= 11 is 1.97. The highest BCUT2D eigenvalue weighted by molar-refractivity contribution is 7.12. The van der Waals surface area contributed by atoms with E-state index in [0.717, 1.165) is 6.54 Å². The second-order valence-electron chi connectivity index (χ2n) is 4.08. The number of thiophene rings is 1. The van der Waals surface area contributed by atoms with Gasteiger partial charge in [-0.2, -0.15) is 0 Å². The zero-order valence-electron chi connectivity index (χ0n) is 9.38. The molecule has 0 saturated heterocycles. The van der Waals surface area contributed by atoms with E-state index in [1.54, 1.807) is 10.4 Å². The van der Waals surface area contributed by atoms with E-state index < -0.39 is 0 Å². The monoisotopic (exact) mass is 221 g/mol. The van der Waals surface area contributed by atoms with Gasteiger partial charge in [-0.05, 0) is 43.9 Å². The van der Waals surface area contributed by atoms with Gasteiger partial charge in [-0.15, -0.1) is 17.9 Å². The standard InChI is InChI=1S/C13H19NS/c1-3-11(14-4-2)13-9-10-7-5-6-8-12(10)15-13/h3,9,11,14H,1,4-8H2,2H3. The van der Waals surface area contributed by atoms with Crippen LogP contribution >= 0.6 is 11.3 Å². The Morgan fingerprint density at radius 3 is 3.00 bits per heavy atom. The molecule has 1 aliphatic rings. The van der Waals surface area contributed by atoms with Crippen LogP contribution in [-0.4, -0.2) is 6.54 Å². The molecule has 0 bridgehead atoms. The van der Waals surface area contributed by atoms with Gasteiger partial charge in [0.15, 0.2) is 0 Å². The minimum Gasteiger partial charge on any atom is -0.306 e. The van der Waals surface area contributed by atoms with Crippen molar-refractivity contribution in [3.63, 3.8) is 0 Å². The minimum atomic E-state index is 0.352. The van der Waals surface area contributed by atoms with E-state index in [1.807, 2.05) is 17.4 Å². The van der Waals surface area contributed by atoms with E-state index in [-0.39, 0.29) is 0 Å². The number of aryl methyl sites for hydroxylation is 2. The number of likely N-dealkylation sites (N-methyl/N-ethyl adjacent to an activating group) is 1. The number of rotatable bonds is 4. The average molecular weight is 221 g/mol. The first-order chi connectivity index (χ1) is 7.35. The van der Waals surface area contributed by atoms with E-state index in [9.17, 15) is 0 Å². The molecule has 0 aromatic carbocycles. The second kappa shape index (κ2) is 4.95. The molecule has 15 heavy (non-hydrogen) atoms. The van der Waals surface area contributed by atoms with Gasteiger partial charge in [0, 0.05) is 9.75 Å². The lowest BCUT2D eigenvalue weighted by atomic mass is 9.99. The van der Waals surface area contributed by atoms with Crippen molar-refractivity contribution in [1.29, 1.82) is 0 Å². The minimum absolute atomic E-state index is 0.352. The van der Waals surface area contributed by atoms with Crippen LogP contribution in [0.2, 0.25) is 0 Å². The van der Waals surface area contributed by atoms with Crippen LogP contribution in [0.15, 0.2) is 18.7 Å². The van der Waals surface area contributed by atoms with Gasteiger partial charge in [-0.25, -0.2) is 0 Å². The van der Waals surface area contributed by atoms with Crippen molar-refractivity contribution in [1.82, 2.24) is 5.32 Å². The zero-order chi connectivity index (χ0) is 10.7. The van der Waals surface area contributed by atoms with Crippen molar-refractivity contribution in [2.75, 3.05) is 6.54 Å². The van der Waals surface area contributed by atoms with Crippen molar-refractivity contribution in [2.24, 2.45) is 0 Å². The Morgan fingerprint density at radius 2 is 2.33 bits per heavy atom. The summed E-state index contributed by atoms with van der Waals surface area (Å²) in [6.45, 7) is 7.05. The first kappa shape index (κ1) is 10.9. The van der Waals surface area contributed by atoms with Gasteiger partial charge >= 0.3 is 0 Å². The van der Waals surface area contributed by atoms with Crippen molar-refractivity contribution in [3.05, 3.63) is 34.0 Å². The highest BCUT2D eigenvalue weighted by Crippen LogP contribution is 2.33. The normalized spacial score (nSPS) is 17.1. The SMILES string of the molecule is C=CC(NCC)c1cc2c(s1)CCCC2. The van der Waals surface area contributed by atoms with Gasteiger partial charge in [-0.3, -0.25) is 0 Å². The number of hydrogen-bond acceptors (Lipinski definition) is 2. The third kappa shape index (κ3) is 2.32. The second-order valence-corrected chi connectivity index (χ2v) is 5.24. The van der Waals surface area contributed by atoms with Crippen molar-refractivity contribution < 1.29 is 0 Å². The Balaban J connectivity index is 2.20. The molecule has 1 N–H and O–H groups in total. The molecule has 82 valence electrons. The van der Waals surface area contributed by atoms with Crippen molar-refractivity contribution >= 4 is 11.3 Å². The Kier molecular flexibility index (Phi) is 3.60. The van der Waals surface area contributed by atoms with E-state index in [0.29, 0.717) is 6.04 Å². The number of hydrogen-bond donors (Lipinski definition) is 1. The topological polar surface area (TPSA) is 12.0 Å². The molecule has 1 nitrogen and oxygen atoms in total. The zero-order valence-corrected chi connectivity index (χ0v) is 10.2. The number of nitrogens with one attached hydrogen (secondary N) is 1. The summed E-state index contributed by atoms with van der Waals surface area (Å²) in [4.78, 5) is 3.06. The molecule has 2 heteroatoms. The summed E-state index contributed by atoms with van der Waals surface area (Å²) in [6.07, 6.45) is 7.31. The lowest BCUT2D eigenvalue weighted by molar-refractivity contribution is 0.657. The average Bonchev–Trinajstić information content (AvgIpc) is 2.69. The molecule has 0 aliphatic heterocycles. The first-order valence-corrected chi connectivity index (χ1v) is 6.64. The van der Waals surface area contributed by atoms with Crippen LogP contribution in [0.3, 0.4) is 0 Å². The largest absolute Gasteiger partial charge is 0.306 e. The molecule has 0 fully saturated rings. The Hall–Kier alpha value is -0.600. The van der Waals surface area contributed by atoms with Crippen LogP contribution in [0.1, 0.15) is 41.1 Å². The van der Waals surface area contributed by atoms with Crippen LogP contribution in [-0.2, 0) is 12.8 Å². The van der Waals surface area contributed by atoms with Gasteiger partial charge in [0.2, 0.25) is 0 Å². The highest BCUT2D eigenvalue weighted by Gasteiger charge is 2.16. The van der Waals surface area contributed by atoms with Gasteiger partial charge in [0.1, 0.15) is 0 Å².